The first kappa shape index (κ1) is 9.51. The Balaban J connectivity index is 2.85. The lowest BCUT2D eigenvalue weighted by molar-refractivity contribution is 0.229. The second-order valence-corrected chi connectivity index (χ2v) is 2.51. The molecule has 0 aliphatic heterocycles. The van der Waals surface area contributed by atoms with E-state index in [1.165, 1.54) is 7.05 Å². The number of hydrogen-bond acceptors (Lipinski definition) is 2. The molecule has 70 valence electrons. The van der Waals surface area contributed by atoms with E-state index in [4.69, 9.17) is 4.74 Å². The molecule has 1 aromatic rings. The normalized spacial score (nSPS) is 9.46. The molecule has 0 saturated heterocycles. The van der Waals surface area contributed by atoms with E-state index in [1.54, 1.807) is 31.4 Å². The molecule has 1 amide bonds. The van der Waals surface area contributed by atoms with Crippen LogP contribution in [0.15, 0.2) is 24.3 Å². The molecule has 3 nitrogen and oxygen atoms in total. The zero-order valence-electron chi connectivity index (χ0n) is 7.45. The van der Waals surface area contributed by atoms with Crippen LogP contribution in [-0.4, -0.2) is 20.3 Å². The Hall–Kier alpha value is -1.58. The SMILES string of the molecule is COc1ccc(N(C)C(=O)F)cc1. The second-order valence-electron chi connectivity index (χ2n) is 2.51. The van der Waals surface area contributed by atoms with Crippen LogP contribution >= 0.6 is 0 Å². The number of amides is 1. The summed E-state index contributed by atoms with van der Waals surface area (Å²) in [6.45, 7) is 0. The van der Waals surface area contributed by atoms with E-state index in [2.05, 4.69) is 0 Å². The van der Waals surface area contributed by atoms with Gasteiger partial charge in [-0.3, -0.25) is 4.90 Å². The summed E-state index contributed by atoms with van der Waals surface area (Å²) in [5.74, 6) is 0.670. The van der Waals surface area contributed by atoms with Gasteiger partial charge in [0, 0.05) is 12.7 Å². The Morgan fingerprint density at radius 2 is 1.92 bits per heavy atom. The van der Waals surface area contributed by atoms with Gasteiger partial charge in [0.1, 0.15) is 5.75 Å². The summed E-state index contributed by atoms with van der Waals surface area (Å²) in [7, 11) is 2.91. The summed E-state index contributed by atoms with van der Waals surface area (Å²) in [5, 5.41) is 0. The molecule has 0 aromatic heterocycles. The maximum Gasteiger partial charge on any atom is 0.404 e. The highest BCUT2D eigenvalue weighted by molar-refractivity contribution is 5.85. The van der Waals surface area contributed by atoms with Crippen LogP contribution in [0.2, 0.25) is 0 Å². The predicted molar refractivity (Wildman–Crippen MR) is 47.9 cm³/mol. The molecule has 1 aromatic carbocycles. The third-order valence-electron chi connectivity index (χ3n) is 1.72. The van der Waals surface area contributed by atoms with Gasteiger partial charge in [0.25, 0.3) is 0 Å². The summed E-state index contributed by atoms with van der Waals surface area (Å²) in [6.07, 6.45) is -1.48. The van der Waals surface area contributed by atoms with Gasteiger partial charge in [0.15, 0.2) is 0 Å². The molecule has 0 aliphatic rings. The number of benzene rings is 1. The number of nitrogens with zero attached hydrogens (tertiary/aromatic N) is 1. The summed E-state index contributed by atoms with van der Waals surface area (Å²) in [5.41, 5.74) is 0.494. The summed E-state index contributed by atoms with van der Waals surface area (Å²) in [6, 6.07) is 6.54. The topological polar surface area (TPSA) is 29.5 Å². The lowest BCUT2D eigenvalue weighted by atomic mass is 10.3. The number of carbonyl (C=O) groups excluding carboxylic acids is 1. The molecular formula is C9H10FNO2. The van der Waals surface area contributed by atoms with Gasteiger partial charge >= 0.3 is 6.16 Å². The molecular weight excluding hydrogens is 173 g/mol. The highest BCUT2D eigenvalue weighted by Gasteiger charge is 2.08. The average Bonchev–Trinajstić information content (AvgIpc) is 2.17. The van der Waals surface area contributed by atoms with Gasteiger partial charge < -0.3 is 4.74 Å². The quantitative estimate of drug-likeness (QED) is 0.519. The van der Waals surface area contributed by atoms with Gasteiger partial charge in [-0.05, 0) is 24.3 Å². The van der Waals surface area contributed by atoms with Crippen LogP contribution in [0.3, 0.4) is 0 Å². The number of halogens is 1. The van der Waals surface area contributed by atoms with Crippen LogP contribution in [0, 0.1) is 0 Å². The van der Waals surface area contributed by atoms with Crippen molar-refractivity contribution in [2.24, 2.45) is 0 Å². The van der Waals surface area contributed by atoms with Crippen molar-refractivity contribution < 1.29 is 13.9 Å². The average molecular weight is 183 g/mol. The van der Waals surface area contributed by atoms with Crippen LogP contribution < -0.4 is 9.64 Å². The fourth-order valence-electron chi connectivity index (χ4n) is 0.907. The van der Waals surface area contributed by atoms with E-state index in [1.807, 2.05) is 0 Å². The Bertz CT molecular complexity index is 297. The van der Waals surface area contributed by atoms with Gasteiger partial charge in [-0.1, -0.05) is 0 Å². The van der Waals surface area contributed by atoms with E-state index in [0.717, 1.165) is 4.90 Å². The van der Waals surface area contributed by atoms with Crippen LogP contribution in [-0.2, 0) is 0 Å². The molecule has 0 unspecified atom stereocenters. The largest absolute Gasteiger partial charge is 0.497 e. The van der Waals surface area contributed by atoms with Crippen molar-refractivity contribution in [1.29, 1.82) is 0 Å². The lowest BCUT2D eigenvalue weighted by Gasteiger charge is -2.12. The Morgan fingerprint density at radius 1 is 1.38 bits per heavy atom. The van der Waals surface area contributed by atoms with Crippen LogP contribution in [0.1, 0.15) is 0 Å². The molecule has 0 atom stereocenters. The zero-order valence-corrected chi connectivity index (χ0v) is 7.45. The van der Waals surface area contributed by atoms with Crippen molar-refractivity contribution in [2.45, 2.75) is 0 Å². The number of ether oxygens (including phenoxy) is 1. The molecule has 0 bridgehead atoms. The molecule has 0 spiro atoms. The van der Waals surface area contributed by atoms with E-state index in [-0.39, 0.29) is 0 Å². The maximum absolute atomic E-state index is 12.2. The van der Waals surface area contributed by atoms with Gasteiger partial charge in [0.2, 0.25) is 0 Å². The van der Waals surface area contributed by atoms with Gasteiger partial charge in [0.05, 0.1) is 7.11 Å². The van der Waals surface area contributed by atoms with E-state index < -0.39 is 6.16 Å². The summed E-state index contributed by atoms with van der Waals surface area (Å²) in [4.78, 5) is 11.2. The minimum Gasteiger partial charge on any atom is -0.497 e. The Morgan fingerprint density at radius 3 is 2.31 bits per heavy atom. The highest BCUT2D eigenvalue weighted by Crippen LogP contribution is 2.18. The van der Waals surface area contributed by atoms with Gasteiger partial charge in [-0.15, -0.1) is 4.39 Å². The van der Waals surface area contributed by atoms with Crippen LogP contribution in [0.5, 0.6) is 5.75 Å². The number of methoxy groups -OCH3 is 1. The Labute approximate surface area is 75.7 Å². The van der Waals surface area contributed by atoms with Crippen molar-refractivity contribution in [3.63, 3.8) is 0 Å². The third-order valence-corrected chi connectivity index (χ3v) is 1.72. The number of hydrogen-bond donors (Lipinski definition) is 0. The molecule has 0 heterocycles. The standard InChI is InChI=1S/C9H10FNO2/c1-11(9(10)12)7-3-5-8(13-2)6-4-7/h3-6H,1-2H3. The summed E-state index contributed by atoms with van der Waals surface area (Å²) >= 11 is 0. The molecule has 1 rings (SSSR count). The van der Waals surface area contributed by atoms with Crippen LogP contribution in [0.25, 0.3) is 0 Å². The Kier molecular flexibility index (Phi) is 2.84. The van der Waals surface area contributed by atoms with Crippen molar-refractivity contribution >= 4 is 11.8 Å². The monoisotopic (exact) mass is 183 g/mol. The molecule has 13 heavy (non-hydrogen) atoms. The number of anilines is 1. The summed E-state index contributed by atoms with van der Waals surface area (Å²) < 4.78 is 17.1. The molecule has 0 fully saturated rings. The first-order valence-electron chi connectivity index (χ1n) is 3.72. The van der Waals surface area contributed by atoms with Crippen molar-refractivity contribution in [3.8, 4) is 5.75 Å². The first-order valence-corrected chi connectivity index (χ1v) is 3.72. The minimum atomic E-state index is -1.48. The van der Waals surface area contributed by atoms with E-state index in [9.17, 15) is 9.18 Å². The predicted octanol–water partition coefficient (Wildman–Crippen LogP) is 2.22. The highest BCUT2D eigenvalue weighted by atomic mass is 19.1. The van der Waals surface area contributed by atoms with Crippen molar-refractivity contribution in [3.05, 3.63) is 24.3 Å². The lowest BCUT2D eigenvalue weighted by Crippen LogP contribution is -2.19. The smallest absolute Gasteiger partial charge is 0.404 e. The molecule has 4 heteroatoms. The van der Waals surface area contributed by atoms with Crippen LogP contribution in [0.4, 0.5) is 14.9 Å². The van der Waals surface area contributed by atoms with E-state index >= 15 is 0 Å². The van der Waals surface area contributed by atoms with Crippen molar-refractivity contribution in [1.82, 2.24) is 0 Å². The van der Waals surface area contributed by atoms with Crippen molar-refractivity contribution in [2.75, 3.05) is 19.1 Å². The maximum atomic E-state index is 12.2. The third kappa shape index (κ3) is 2.18. The zero-order chi connectivity index (χ0) is 9.84. The molecule has 0 N–H and O–H groups in total. The van der Waals surface area contributed by atoms with Gasteiger partial charge in [-0.2, -0.15) is 0 Å². The van der Waals surface area contributed by atoms with Gasteiger partial charge in [-0.25, -0.2) is 4.79 Å². The molecule has 0 aliphatic carbocycles. The minimum absolute atomic E-state index is 0.494. The fourth-order valence-corrected chi connectivity index (χ4v) is 0.907. The number of carbonyl (C=O) groups is 1. The molecule has 0 radical (unpaired) electrons. The fraction of sp³-hybridized carbons (Fsp3) is 0.222. The van der Waals surface area contributed by atoms with E-state index in [0.29, 0.717) is 11.4 Å². The molecule has 0 saturated carbocycles. The number of rotatable bonds is 2. The first-order chi connectivity index (χ1) is 6.15. The second kappa shape index (κ2) is 3.89.